The van der Waals surface area contributed by atoms with Crippen molar-refractivity contribution in [1.82, 2.24) is 10.2 Å². The van der Waals surface area contributed by atoms with E-state index >= 15 is 0 Å². The van der Waals surface area contributed by atoms with Crippen LogP contribution in [-0.2, 0) is 11.3 Å². The molecule has 118 valence electrons. The largest absolute Gasteiger partial charge is 0.447 e. The van der Waals surface area contributed by atoms with E-state index in [-0.39, 0.29) is 12.1 Å². The number of ether oxygens (including phenoxy) is 1. The molecule has 1 N–H and O–H groups in total. The summed E-state index contributed by atoms with van der Waals surface area (Å²) in [5, 5.41) is 2.94. The van der Waals surface area contributed by atoms with Crippen molar-refractivity contribution in [2.24, 2.45) is 0 Å². The Morgan fingerprint density at radius 1 is 1.32 bits per heavy atom. The second kappa shape index (κ2) is 6.25. The molecule has 3 amide bonds. The van der Waals surface area contributed by atoms with Gasteiger partial charge in [-0.25, -0.2) is 9.59 Å². The summed E-state index contributed by atoms with van der Waals surface area (Å²) in [6.07, 6.45) is 1.81. The van der Waals surface area contributed by atoms with Gasteiger partial charge < -0.3 is 15.0 Å². The number of likely N-dealkylation sites (tertiary alicyclic amines) is 1. The minimum atomic E-state index is -0.301. The van der Waals surface area contributed by atoms with Crippen molar-refractivity contribution < 1.29 is 14.3 Å². The molecule has 6 nitrogen and oxygen atoms in total. The van der Waals surface area contributed by atoms with Crippen molar-refractivity contribution >= 4 is 17.8 Å². The molecule has 2 fully saturated rings. The summed E-state index contributed by atoms with van der Waals surface area (Å²) in [6, 6.07) is 8.01. The lowest BCUT2D eigenvalue weighted by atomic mass is 10.0. The van der Waals surface area contributed by atoms with Gasteiger partial charge in [0, 0.05) is 24.8 Å². The van der Waals surface area contributed by atoms with Crippen LogP contribution >= 0.6 is 0 Å². The van der Waals surface area contributed by atoms with Gasteiger partial charge in [0.05, 0.1) is 6.54 Å². The average molecular weight is 303 g/mol. The summed E-state index contributed by atoms with van der Waals surface area (Å²) in [4.78, 5) is 27.0. The molecule has 2 aliphatic heterocycles. The molecule has 0 aromatic heterocycles. The van der Waals surface area contributed by atoms with Gasteiger partial charge in [0.1, 0.15) is 6.61 Å². The maximum Gasteiger partial charge on any atom is 0.414 e. The third-order valence-corrected chi connectivity index (χ3v) is 4.33. The van der Waals surface area contributed by atoms with Gasteiger partial charge in [0.2, 0.25) is 0 Å². The molecule has 2 aliphatic rings. The number of benzene rings is 1. The lowest BCUT2D eigenvalue weighted by molar-refractivity contribution is 0.112. The van der Waals surface area contributed by atoms with E-state index in [9.17, 15) is 9.59 Å². The topological polar surface area (TPSA) is 61.9 Å². The van der Waals surface area contributed by atoms with Crippen LogP contribution in [0.3, 0.4) is 0 Å². The number of cyclic esters (lactones) is 1. The molecule has 0 spiro atoms. The molecule has 6 heteroatoms. The zero-order chi connectivity index (χ0) is 15.5. The van der Waals surface area contributed by atoms with Gasteiger partial charge in [-0.15, -0.1) is 0 Å². The van der Waals surface area contributed by atoms with Crippen LogP contribution in [0.25, 0.3) is 0 Å². The number of urea groups is 1. The molecular weight excluding hydrogens is 282 g/mol. The minimum absolute atomic E-state index is 0.00490. The molecule has 2 saturated heterocycles. The first-order chi connectivity index (χ1) is 10.7. The highest BCUT2D eigenvalue weighted by atomic mass is 16.6. The number of anilines is 1. The van der Waals surface area contributed by atoms with Crippen molar-refractivity contribution in [2.45, 2.75) is 32.4 Å². The summed E-state index contributed by atoms with van der Waals surface area (Å²) in [5.41, 5.74) is 1.84. The molecule has 0 bridgehead atoms. The fraction of sp³-hybridized carbons (Fsp3) is 0.500. The lowest BCUT2D eigenvalue weighted by Crippen LogP contribution is -2.54. The summed E-state index contributed by atoms with van der Waals surface area (Å²) in [7, 11) is 0. The second-order valence-electron chi connectivity index (χ2n) is 5.64. The number of carbonyl (C=O) groups excluding carboxylic acids is 2. The third kappa shape index (κ3) is 2.86. The first kappa shape index (κ1) is 14.7. The molecule has 3 rings (SSSR count). The standard InChI is InChI=1S/C16H21N3O3/c1-2-13-7-8-18(13)15(20)17-11-12-3-5-14(6-4-12)19-9-10-22-16(19)21/h3-6,13H,2,7-11H2,1H3,(H,17,20). The van der Waals surface area contributed by atoms with Gasteiger partial charge in [0.15, 0.2) is 0 Å². The lowest BCUT2D eigenvalue weighted by Gasteiger charge is -2.40. The monoisotopic (exact) mass is 303 g/mol. The molecular formula is C16H21N3O3. The summed E-state index contributed by atoms with van der Waals surface area (Å²) in [6.45, 7) is 4.47. The van der Waals surface area contributed by atoms with Crippen LogP contribution in [0.1, 0.15) is 25.3 Å². The maximum atomic E-state index is 12.0. The van der Waals surface area contributed by atoms with E-state index in [2.05, 4.69) is 12.2 Å². The summed E-state index contributed by atoms with van der Waals surface area (Å²) < 4.78 is 4.92. The number of rotatable bonds is 4. The van der Waals surface area contributed by atoms with Crippen LogP contribution in [0, 0.1) is 0 Å². The molecule has 0 radical (unpaired) electrons. The smallest absolute Gasteiger partial charge is 0.414 e. The Bertz CT molecular complexity index is 556. The van der Waals surface area contributed by atoms with Gasteiger partial charge in [-0.1, -0.05) is 19.1 Å². The van der Waals surface area contributed by atoms with E-state index < -0.39 is 0 Å². The Labute approximate surface area is 130 Å². The Morgan fingerprint density at radius 3 is 2.64 bits per heavy atom. The third-order valence-electron chi connectivity index (χ3n) is 4.33. The fourth-order valence-electron chi connectivity index (χ4n) is 2.83. The number of nitrogens with one attached hydrogen (secondary N) is 1. The maximum absolute atomic E-state index is 12.0. The Kier molecular flexibility index (Phi) is 4.18. The minimum Gasteiger partial charge on any atom is -0.447 e. The van der Waals surface area contributed by atoms with E-state index in [1.807, 2.05) is 29.2 Å². The highest BCUT2D eigenvalue weighted by Crippen LogP contribution is 2.21. The molecule has 1 aromatic rings. The van der Waals surface area contributed by atoms with Crippen LogP contribution in [0.5, 0.6) is 0 Å². The van der Waals surface area contributed by atoms with E-state index in [1.54, 1.807) is 4.90 Å². The van der Waals surface area contributed by atoms with E-state index in [4.69, 9.17) is 4.74 Å². The van der Waals surface area contributed by atoms with Crippen molar-refractivity contribution in [3.63, 3.8) is 0 Å². The zero-order valence-corrected chi connectivity index (χ0v) is 12.7. The van der Waals surface area contributed by atoms with Gasteiger partial charge in [-0.3, -0.25) is 4.90 Å². The van der Waals surface area contributed by atoms with Crippen LogP contribution in [0.15, 0.2) is 24.3 Å². The highest BCUT2D eigenvalue weighted by Gasteiger charge is 2.30. The number of hydrogen-bond acceptors (Lipinski definition) is 3. The Hall–Kier alpha value is -2.24. The molecule has 0 saturated carbocycles. The normalized spacial score (nSPS) is 20.6. The van der Waals surface area contributed by atoms with Crippen LogP contribution in [0.2, 0.25) is 0 Å². The molecule has 22 heavy (non-hydrogen) atoms. The zero-order valence-electron chi connectivity index (χ0n) is 12.7. The van der Waals surface area contributed by atoms with Crippen molar-refractivity contribution in [3.05, 3.63) is 29.8 Å². The fourth-order valence-corrected chi connectivity index (χ4v) is 2.83. The number of carbonyl (C=O) groups is 2. The molecule has 1 aromatic carbocycles. The van der Waals surface area contributed by atoms with Crippen molar-refractivity contribution in [3.8, 4) is 0 Å². The van der Waals surface area contributed by atoms with Crippen LogP contribution < -0.4 is 10.2 Å². The van der Waals surface area contributed by atoms with Gasteiger partial charge in [-0.2, -0.15) is 0 Å². The average Bonchev–Trinajstić information content (AvgIpc) is 2.91. The predicted octanol–water partition coefficient (Wildman–Crippen LogP) is 2.34. The van der Waals surface area contributed by atoms with E-state index in [0.717, 1.165) is 30.6 Å². The Morgan fingerprint density at radius 2 is 2.09 bits per heavy atom. The molecule has 1 unspecified atom stereocenters. The number of amides is 3. The summed E-state index contributed by atoms with van der Waals surface area (Å²) in [5.74, 6) is 0. The SMILES string of the molecule is CCC1CCN1C(=O)NCc1ccc(N2CCOC2=O)cc1. The molecule has 1 atom stereocenters. The first-order valence-corrected chi connectivity index (χ1v) is 7.76. The summed E-state index contributed by atoms with van der Waals surface area (Å²) >= 11 is 0. The highest BCUT2D eigenvalue weighted by molar-refractivity contribution is 5.89. The van der Waals surface area contributed by atoms with E-state index in [1.165, 1.54) is 0 Å². The van der Waals surface area contributed by atoms with Crippen LogP contribution in [0.4, 0.5) is 15.3 Å². The molecule has 0 aliphatic carbocycles. The van der Waals surface area contributed by atoms with Gasteiger partial charge >= 0.3 is 12.1 Å². The van der Waals surface area contributed by atoms with Crippen molar-refractivity contribution in [1.29, 1.82) is 0 Å². The van der Waals surface area contributed by atoms with Gasteiger partial charge in [-0.05, 0) is 30.5 Å². The van der Waals surface area contributed by atoms with Gasteiger partial charge in [0.25, 0.3) is 0 Å². The molecule has 2 heterocycles. The van der Waals surface area contributed by atoms with Crippen LogP contribution in [-0.4, -0.2) is 42.8 Å². The second-order valence-corrected chi connectivity index (χ2v) is 5.64. The quantitative estimate of drug-likeness (QED) is 0.928. The Balaban J connectivity index is 1.53. The van der Waals surface area contributed by atoms with Crippen molar-refractivity contribution in [2.75, 3.05) is 24.6 Å². The first-order valence-electron chi connectivity index (χ1n) is 7.76. The predicted molar refractivity (Wildman–Crippen MR) is 82.8 cm³/mol. The number of nitrogens with zero attached hydrogens (tertiary/aromatic N) is 2. The number of hydrogen-bond donors (Lipinski definition) is 1. The van der Waals surface area contributed by atoms with E-state index in [0.29, 0.717) is 25.7 Å².